The van der Waals surface area contributed by atoms with Crippen LogP contribution in [-0.4, -0.2) is 17.0 Å². The van der Waals surface area contributed by atoms with E-state index in [0.29, 0.717) is 12.0 Å². The SMILES string of the molecule is CCC(C)C(O)C1=CCCC1=O. The van der Waals surface area contributed by atoms with Crippen LogP contribution in [0.25, 0.3) is 0 Å². The van der Waals surface area contributed by atoms with Gasteiger partial charge in [0.25, 0.3) is 0 Å². The number of Topliss-reactive ketones (excluding diaryl/α,β-unsaturated/α-hetero) is 1. The third-order valence-electron chi connectivity index (χ3n) is 2.56. The van der Waals surface area contributed by atoms with Gasteiger partial charge in [0.05, 0.1) is 6.10 Å². The Morgan fingerprint density at radius 1 is 1.67 bits per heavy atom. The van der Waals surface area contributed by atoms with Crippen molar-refractivity contribution in [3.8, 4) is 0 Å². The molecule has 0 bridgehead atoms. The zero-order chi connectivity index (χ0) is 9.14. The van der Waals surface area contributed by atoms with Gasteiger partial charge in [0.2, 0.25) is 0 Å². The van der Waals surface area contributed by atoms with Crippen LogP contribution in [0.15, 0.2) is 11.6 Å². The lowest BCUT2D eigenvalue weighted by atomic mass is 9.94. The Kier molecular flexibility index (Phi) is 3.04. The van der Waals surface area contributed by atoms with E-state index in [2.05, 4.69) is 0 Å². The fraction of sp³-hybridized carbons (Fsp3) is 0.700. The summed E-state index contributed by atoms with van der Waals surface area (Å²) in [6.45, 7) is 3.99. The number of allylic oxidation sites excluding steroid dienone is 1. The largest absolute Gasteiger partial charge is 0.388 e. The molecule has 2 nitrogen and oxygen atoms in total. The minimum Gasteiger partial charge on any atom is -0.388 e. The van der Waals surface area contributed by atoms with E-state index in [1.807, 2.05) is 19.9 Å². The van der Waals surface area contributed by atoms with Gasteiger partial charge in [-0.15, -0.1) is 0 Å². The molecule has 2 atom stereocenters. The highest BCUT2D eigenvalue weighted by molar-refractivity contribution is 5.98. The standard InChI is InChI=1S/C10H16O2/c1-3-7(2)10(12)8-5-4-6-9(8)11/h5,7,10,12H,3-4,6H2,1-2H3. The predicted molar refractivity (Wildman–Crippen MR) is 47.8 cm³/mol. The minimum atomic E-state index is -0.537. The molecule has 0 saturated heterocycles. The molecule has 0 fully saturated rings. The van der Waals surface area contributed by atoms with E-state index in [9.17, 15) is 9.90 Å². The average Bonchev–Trinajstić information content (AvgIpc) is 2.48. The molecule has 12 heavy (non-hydrogen) atoms. The van der Waals surface area contributed by atoms with Crippen LogP contribution in [-0.2, 0) is 4.79 Å². The first kappa shape index (κ1) is 9.46. The number of rotatable bonds is 3. The second-order valence-corrected chi connectivity index (χ2v) is 3.45. The normalized spacial score (nSPS) is 22.2. The monoisotopic (exact) mass is 168 g/mol. The molecule has 1 aliphatic rings. The Hall–Kier alpha value is -0.630. The van der Waals surface area contributed by atoms with Gasteiger partial charge < -0.3 is 5.11 Å². The molecule has 1 N–H and O–H groups in total. The maximum absolute atomic E-state index is 11.2. The molecule has 68 valence electrons. The Bertz CT molecular complexity index is 206. The number of aliphatic hydroxyl groups excluding tert-OH is 1. The van der Waals surface area contributed by atoms with Crippen molar-refractivity contribution >= 4 is 5.78 Å². The van der Waals surface area contributed by atoms with Crippen molar-refractivity contribution in [3.63, 3.8) is 0 Å². The van der Waals surface area contributed by atoms with Crippen molar-refractivity contribution < 1.29 is 9.90 Å². The molecular formula is C10H16O2. The number of aliphatic hydroxyl groups is 1. The number of carbonyl (C=O) groups excluding carboxylic acids is 1. The minimum absolute atomic E-state index is 0.128. The van der Waals surface area contributed by atoms with Crippen molar-refractivity contribution in [3.05, 3.63) is 11.6 Å². The molecule has 2 heteroatoms. The van der Waals surface area contributed by atoms with Gasteiger partial charge in [-0.2, -0.15) is 0 Å². The van der Waals surface area contributed by atoms with Gasteiger partial charge in [-0.25, -0.2) is 0 Å². The predicted octanol–water partition coefficient (Wildman–Crippen LogP) is 1.68. The summed E-state index contributed by atoms with van der Waals surface area (Å²) in [5.41, 5.74) is 0.643. The number of hydrogen-bond acceptors (Lipinski definition) is 2. The van der Waals surface area contributed by atoms with Crippen LogP contribution < -0.4 is 0 Å². The van der Waals surface area contributed by atoms with E-state index in [1.165, 1.54) is 0 Å². The second-order valence-electron chi connectivity index (χ2n) is 3.45. The highest BCUT2D eigenvalue weighted by atomic mass is 16.3. The van der Waals surface area contributed by atoms with Gasteiger partial charge in [-0.05, 0) is 12.3 Å². The number of ketones is 1. The highest BCUT2D eigenvalue weighted by Gasteiger charge is 2.25. The second kappa shape index (κ2) is 3.85. The van der Waals surface area contributed by atoms with E-state index in [-0.39, 0.29) is 11.7 Å². The molecule has 0 amide bonds. The Morgan fingerprint density at radius 3 is 2.75 bits per heavy atom. The fourth-order valence-electron chi connectivity index (χ4n) is 1.43. The van der Waals surface area contributed by atoms with E-state index < -0.39 is 6.10 Å². The maximum Gasteiger partial charge on any atom is 0.161 e. The third-order valence-corrected chi connectivity index (χ3v) is 2.56. The smallest absolute Gasteiger partial charge is 0.161 e. The summed E-state index contributed by atoms with van der Waals surface area (Å²) >= 11 is 0. The van der Waals surface area contributed by atoms with E-state index >= 15 is 0 Å². The summed E-state index contributed by atoms with van der Waals surface area (Å²) in [6, 6.07) is 0. The van der Waals surface area contributed by atoms with Crippen LogP contribution in [0.3, 0.4) is 0 Å². The quantitative estimate of drug-likeness (QED) is 0.696. The summed E-state index contributed by atoms with van der Waals surface area (Å²) in [5.74, 6) is 0.320. The van der Waals surface area contributed by atoms with Crippen LogP contribution in [0.4, 0.5) is 0 Å². The van der Waals surface area contributed by atoms with E-state index in [0.717, 1.165) is 12.8 Å². The average molecular weight is 168 g/mol. The van der Waals surface area contributed by atoms with E-state index in [1.54, 1.807) is 0 Å². The summed E-state index contributed by atoms with van der Waals surface area (Å²) in [4.78, 5) is 11.2. The van der Waals surface area contributed by atoms with Gasteiger partial charge in [0.1, 0.15) is 0 Å². The van der Waals surface area contributed by atoms with Crippen LogP contribution in [0.5, 0.6) is 0 Å². The van der Waals surface area contributed by atoms with Crippen LogP contribution >= 0.6 is 0 Å². The number of carbonyl (C=O) groups is 1. The molecule has 0 heterocycles. The first-order valence-electron chi connectivity index (χ1n) is 4.58. The van der Waals surface area contributed by atoms with Crippen LogP contribution in [0.1, 0.15) is 33.1 Å². The molecule has 0 aromatic heterocycles. The molecule has 1 rings (SSSR count). The molecule has 0 radical (unpaired) electrons. The van der Waals surface area contributed by atoms with Crippen molar-refractivity contribution in [2.75, 3.05) is 0 Å². The Labute approximate surface area is 73.3 Å². The van der Waals surface area contributed by atoms with Crippen molar-refractivity contribution in [1.82, 2.24) is 0 Å². The summed E-state index contributed by atoms with van der Waals surface area (Å²) in [6.07, 6.45) is 3.64. The highest BCUT2D eigenvalue weighted by Crippen LogP contribution is 2.23. The molecule has 0 aromatic rings. The Balaban J connectivity index is 2.63. The van der Waals surface area contributed by atoms with Gasteiger partial charge in [0, 0.05) is 12.0 Å². The molecule has 0 aromatic carbocycles. The van der Waals surface area contributed by atoms with Gasteiger partial charge >= 0.3 is 0 Å². The summed E-state index contributed by atoms with van der Waals surface area (Å²) in [7, 11) is 0. The Morgan fingerprint density at radius 2 is 2.33 bits per heavy atom. The first-order chi connectivity index (χ1) is 5.66. The lowest BCUT2D eigenvalue weighted by Crippen LogP contribution is -2.22. The molecule has 0 aliphatic heterocycles. The summed E-state index contributed by atoms with van der Waals surface area (Å²) < 4.78 is 0. The van der Waals surface area contributed by atoms with Crippen molar-refractivity contribution in [2.45, 2.75) is 39.2 Å². The summed E-state index contributed by atoms with van der Waals surface area (Å²) in [5, 5.41) is 9.70. The van der Waals surface area contributed by atoms with Gasteiger partial charge in [-0.1, -0.05) is 26.3 Å². The zero-order valence-corrected chi connectivity index (χ0v) is 7.71. The lowest BCUT2D eigenvalue weighted by molar-refractivity contribution is -0.116. The molecule has 2 unspecified atom stereocenters. The maximum atomic E-state index is 11.2. The fourth-order valence-corrected chi connectivity index (χ4v) is 1.43. The first-order valence-corrected chi connectivity index (χ1v) is 4.58. The van der Waals surface area contributed by atoms with E-state index in [4.69, 9.17) is 0 Å². The third kappa shape index (κ3) is 1.75. The van der Waals surface area contributed by atoms with Crippen molar-refractivity contribution in [2.24, 2.45) is 5.92 Å². The number of hydrogen-bond donors (Lipinski definition) is 1. The van der Waals surface area contributed by atoms with Crippen LogP contribution in [0, 0.1) is 5.92 Å². The van der Waals surface area contributed by atoms with Crippen molar-refractivity contribution in [1.29, 1.82) is 0 Å². The molecule has 0 spiro atoms. The molecule has 0 saturated carbocycles. The molecular weight excluding hydrogens is 152 g/mol. The topological polar surface area (TPSA) is 37.3 Å². The lowest BCUT2D eigenvalue weighted by Gasteiger charge is -2.17. The van der Waals surface area contributed by atoms with Crippen LogP contribution in [0.2, 0.25) is 0 Å². The molecule has 1 aliphatic carbocycles. The van der Waals surface area contributed by atoms with Gasteiger partial charge in [0.15, 0.2) is 5.78 Å². The van der Waals surface area contributed by atoms with Gasteiger partial charge in [-0.3, -0.25) is 4.79 Å². The zero-order valence-electron chi connectivity index (χ0n) is 7.71.